The molecular weight excluding hydrogens is 318 g/mol. The van der Waals surface area contributed by atoms with Crippen LogP contribution >= 0.6 is 11.3 Å². The van der Waals surface area contributed by atoms with Gasteiger partial charge in [0.05, 0.1) is 0 Å². The maximum atomic E-state index is 12.7. The molecule has 126 valence electrons. The first-order chi connectivity index (χ1) is 11.8. The monoisotopic (exact) mass is 341 g/mol. The first kappa shape index (κ1) is 15.6. The molecule has 3 heterocycles. The third kappa shape index (κ3) is 3.31. The van der Waals surface area contributed by atoms with Crippen LogP contribution in [0.4, 0.5) is 5.13 Å². The van der Waals surface area contributed by atoms with Gasteiger partial charge in [-0.1, -0.05) is 24.3 Å². The van der Waals surface area contributed by atoms with Crippen LogP contribution in [0.1, 0.15) is 30.4 Å². The number of thiazole rings is 1. The van der Waals surface area contributed by atoms with Crippen LogP contribution in [0.2, 0.25) is 0 Å². The number of hydrogen-bond donors (Lipinski definition) is 0. The summed E-state index contributed by atoms with van der Waals surface area (Å²) >= 11 is 1.70. The van der Waals surface area contributed by atoms with Crippen LogP contribution < -0.4 is 4.90 Å². The predicted molar refractivity (Wildman–Crippen MR) is 97.2 cm³/mol. The van der Waals surface area contributed by atoms with Crippen molar-refractivity contribution in [1.29, 1.82) is 0 Å². The van der Waals surface area contributed by atoms with Gasteiger partial charge in [0.2, 0.25) is 5.91 Å². The summed E-state index contributed by atoms with van der Waals surface area (Å²) in [7, 11) is 0. The molecule has 0 aliphatic carbocycles. The molecule has 1 aromatic heterocycles. The standard InChI is InChI=1S/C19H23N3OS/c23-18(22-11-7-16-3-1-2-4-17(16)14-22)13-15-5-9-21(10-6-15)19-20-8-12-24-19/h1-4,8,12,15H,5-7,9-11,13-14H2. The van der Waals surface area contributed by atoms with Gasteiger partial charge in [-0.2, -0.15) is 0 Å². The van der Waals surface area contributed by atoms with Gasteiger partial charge >= 0.3 is 0 Å². The number of aromatic nitrogens is 1. The second-order valence-electron chi connectivity index (χ2n) is 6.78. The molecule has 24 heavy (non-hydrogen) atoms. The summed E-state index contributed by atoms with van der Waals surface area (Å²) in [5.74, 6) is 0.850. The topological polar surface area (TPSA) is 36.4 Å². The van der Waals surface area contributed by atoms with E-state index < -0.39 is 0 Å². The minimum atomic E-state index is 0.331. The zero-order valence-corrected chi connectivity index (χ0v) is 14.7. The lowest BCUT2D eigenvalue weighted by Crippen LogP contribution is -2.39. The van der Waals surface area contributed by atoms with Crippen molar-refractivity contribution in [3.63, 3.8) is 0 Å². The Morgan fingerprint density at radius 2 is 1.96 bits per heavy atom. The summed E-state index contributed by atoms with van der Waals surface area (Å²) in [4.78, 5) is 21.5. The van der Waals surface area contributed by atoms with Crippen LogP contribution in [0.15, 0.2) is 35.8 Å². The highest BCUT2D eigenvalue weighted by Gasteiger charge is 2.26. The highest BCUT2D eigenvalue weighted by atomic mass is 32.1. The van der Waals surface area contributed by atoms with E-state index in [1.165, 1.54) is 11.1 Å². The summed E-state index contributed by atoms with van der Waals surface area (Å²) in [5, 5.41) is 3.14. The molecule has 1 fully saturated rings. The maximum absolute atomic E-state index is 12.7. The molecule has 2 aliphatic heterocycles. The SMILES string of the molecule is O=C(CC1CCN(c2nccs2)CC1)N1CCc2ccccc2C1. The molecular formula is C19H23N3OS. The summed E-state index contributed by atoms with van der Waals surface area (Å²) in [5.41, 5.74) is 2.72. The second kappa shape index (κ2) is 6.93. The minimum Gasteiger partial charge on any atom is -0.348 e. The summed E-state index contributed by atoms with van der Waals surface area (Å²) in [6.45, 7) is 3.70. The number of amides is 1. The molecule has 2 aromatic rings. The molecule has 0 radical (unpaired) electrons. The molecule has 5 heteroatoms. The highest BCUT2D eigenvalue weighted by Crippen LogP contribution is 2.28. The highest BCUT2D eigenvalue weighted by molar-refractivity contribution is 7.13. The fourth-order valence-electron chi connectivity index (χ4n) is 3.79. The van der Waals surface area contributed by atoms with Crippen molar-refractivity contribution in [3.8, 4) is 0 Å². The largest absolute Gasteiger partial charge is 0.348 e. The van der Waals surface area contributed by atoms with Crippen molar-refractivity contribution in [2.75, 3.05) is 24.5 Å². The quantitative estimate of drug-likeness (QED) is 0.859. The van der Waals surface area contributed by atoms with Crippen molar-refractivity contribution in [1.82, 2.24) is 9.88 Å². The Morgan fingerprint density at radius 1 is 1.17 bits per heavy atom. The number of hydrogen-bond acceptors (Lipinski definition) is 4. The molecule has 0 N–H and O–H groups in total. The summed E-state index contributed by atoms with van der Waals surface area (Å²) in [6.07, 6.45) is 5.74. The van der Waals surface area contributed by atoms with E-state index in [4.69, 9.17) is 0 Å². The molecule has 1 amide bonds. The third-order valence-corrected chi connectivity index (χ3v) is 6.08. The van der Waals surface area contributed by atoms with Gasteiger partial charge < -0.3 is 9.80 Å². The van der Waals surface area contributed by atoms with Gasteiger partial charge in [0, 0.05) is 44.2 Å². The maximum Gasteiger partial charge on any atom is 0.223 e. The Labute approximate surface area is 147 Å². The van der Waals surface area contributed by atoms with Crippen LogP contribution in [-0.2, 0) is 17.8 Å². The van der Waals surface area contributed by atoms with E-state index in [9.17, 15) is 4.79 Å². The van der Waals surface area contributed by atoms with Crippen LogP contribution in [0.3, 0.4) is 0 Å². The summed E-state index contributed by atoms with van der Waals surface area (Å²) in [6, 6.07) is 8.50. The van der Waals surface area contributed by atoms with Gasteiger partial charge in [-0.15, -0.1) is 11.3 Å². The predicted octanol–water partition coefficient (Wildman–Crippen LogP) is 3.33. The minimum absolute atomic E-state index is 0.331. The third-order valence-electron chi connectivity index (χ3n) is 5.25. The average Bonchev–Trinajstić information content (AvgIpc) is 3.16. The van der Waals surface area contributed by atoms with E-state index in [2.05, 4.69) is 39.0 Å². The van der Waals surface area contributed by atoms with Gasteiger partial charge in [0.1, 0.15) is 0 Å². The Hall–Kier alpha value is -1.88. The van der Waals surface area contributed by atoms with E-state index in [-0.39, 0.29) is 0 Å². The number of nitrogens with zero attached hydrogens (tertiary/aromatic N) is 3. The van der Waals surface area contributed by atoms with E-state index in [1.54, 1.807) is 11.3 Å². The van der Waals surface area contributed by atoms with Gasteiger partial charge in [-0.3, -0.25) is 4.79 Å². The van der Waals surface area contributed by atoms with E-state index in [0.29, 0.717) is 18.2 Å². The number of anilines is 1. The molecule has 0 saturated carbocycles. The van der Waals surface area contributed by atoms with Crippen molar-refractivity contribution in [2.24, 2.45) is 5.92 Å². The van der Waals surface area contributed by atoms with Gasteiger partial charge in [-0.25, -0.2) is 4.98 Å². The van der Waals surface area contributed by atoms with Crippen LogP contribution in [0.25, 0.3) is 0 Å². The average molecular weight is 341 g/mol. The molecule has 0 unspecified atom stereocenters. The smallest absolute Gasteiger partial charge is 0.223 e. The molecule has 0 spiro atoms. The van der Waals surface area contributed by atoms with Gasteiger partial charge in [0.25, 0.3) is 0 Å². The van der Waals surface area contributed by atoms with Gasteiger partial charge in [-0.05, 0) is 36.3 Å². The first-order valence-electron chi connectivity index (χ1n) is 8.78. The zero-order chi connectivity index (χ0) is 16.4. The number of carbonyl (C=O) groups is 1. The number of rotatable bonds is 3. The van der Waals surface area contributed by atoms with E-state index in [1.807, 2.05) is 11.6 Å². The Balaban J connectivity index is 1.30. The molecule has 1 aromatic carbocycles. The Kier molecular flexibility index (Phi) is 4.52. The molecule has 1 saturated heterocycles. The molecule has 0 bridgehead atoms. The number of piperidine rings is 1. The molecule has 4 nitrogen and oxygen atoms in total. The molecule has 2 aliphatic rings. The fourth-order valence-corrected chi connectivity index (χ4v) is 4.48. The van der Waals surface area contributed by atoms with Crippen LogP contribution in [0.5, 0.6) is 0 Å². The molecule has 0 atom stereocenters. The lowest BCUT2D eigenvalue weighted by Gasteiger charge is -2.34. The van der Waals surface area contributed by atoms with E-state index in [0.717, 1.165) is 50.6 Å². The number of fused-ring (bicyclic) bond motifs is 1. The lowest BCUT2D eigenvalue weighted by molar-refractivity contribution is -0.133. The second-order valence-corrected chi connectivity index (χ2v) is 7.66. The Morgan fingerprint density at radius 3 is 2.71 bits per heavy atom. The van der Waals surface area contributed by atoms with Gasteiger partial charge in [0.15, 0.2) is 5.13 Å². The van der Waals surface area contributed by atoms with Crippen LogP contribution in [-0.4, -0.2) is 35.4 Å². The number of benzene rings is 1. The van der Waals surface area contributed by atoms with Crippen molar-refractivity contribution in [3.05, 3.63) is 47.0 Å². The van der Waals surface area contributed by atoms with E-state index >= 15 is 0 Å². The van der Waals surface area contributed by atoms with Crippen LogP contribution in [0, 0.1) is 5.92 Å². The Bertz CT molecular complexity index is 692. The number of carbonyl (C=O) groups excluding carboxylic acids is 1. The van der Waals surface area contributed by atoms with Crippen molar-refractivity contribution >= 4 is 22.4 Å². The zero-order valence-electron chi connectivity index (χ0n) is 13.9. The first-order valence-corrected chi connectivity index (χ1v) is 9.66. The van der Waals surface area contributed by atoms with Crippen molar-refractivity contribution in [2.45, 2.75) is 32.2 Å². The summed E-state index contributed by atoms with van der Waals surface area (Å²) < 4.78 is 0. The lowest BCUT2D eigenvalue weighted by atomic mass is 9.92. The normalized spacial score (nSPS) is 18.5. The fraction of sp³-hybridized carbons (Fsp3) is 0.474. The van der Waals surface area contributed by atoms with Crippen molar-refractivity contribution < 1.29 is 4.79 Å². The molecule has 4 rings (SSSR count).